The van der Waals surface area contributed by atoms with Gasteiger partial charge in [-0.2, -0.15) is 0 Å². The number of ether oxygens (including phenoxy) is 3. The summed E-state index contributed by atoms with van der Waals surface area (Å²) in [4.78, 5) is 12.7. The third-order valence-corrected chi connectivity index (χ3v) is 5.62. The Hall–Kier alpha value is -3.05. The predicted octanol–water partition coefficient (Wildman–Crippen LogP) is 5.81. The summed E-state index contributed by atoms with van der Waals surface area (Å²) < 4.78 is 17.2. The summed E-state index contributed by atoms with van der Waals surface area (Å²) in [6.07, 6.45) is 0. The molecule has 0 unspecified atom stereocenters. The summed E-state index contributed by atoms with van der Waals surface area (Å²) in [5.41, 5.74) is 1.60. The molecule has 146 valence electrons. The standard InChI is InChI=1S/C24H19BrO4/c1-27-22-13-18-17(16-9-8-14-6-4-5-7-15(14)10-16)12-21(26)20(25)11-19(18)23(28-2)24(22)29-3/h4-13H,1-3H3. The van der Waals surface area contributed by atoms with Crippen molar-refractivity contribution in [1.29, 1.82) is 0 Å². The Morgan fingerprint density at radius 2 is 1.45 bits per heavy atom. The molecule has 4 rings (SSSR count). The lowest BCUT2D eigenvalue weighted by Gasteiger charge is -2.15. The van der Waals surface area contributed by atoms with Gasteiger partial charge in [-0.3, -0.25) is 4.79 Å². The van der Waals surface area contributed by atoms with E-state index < -0.39 is 0 Å². The van der Waals surface area contributed by atoms with Crippen LogP contribution in [0.4, 0.5) is 0 Å². The first kappa shape index (κ1) is 19.3. The van der Waals surface area contributed by atoms with Crippen LogP contribution < -0.4 is 19.6 Å². The largest absolute Gasteiger partial charge is 0.493 e. The Morgan fingerprint density at radius 1 is 0.724 bits per heavy atom. The minimum atomic E-state index is -0.121. The van der Waals surface area contributed by atoms with E-state index >= 15 is 0 Å². The molecule has 0 saturated carbocycles. The molecule has 0 atom stereocenters. The summed E-state index contributed by atoms with van der Waals surface area (Å²) >= 11 is 3.40. The molecule has 5 heteroatoms. The van der Waals surface area contributed by atoms with E-state index in [1.807, 2.05) is 24.3 Å². The van der Waals surface area contributed by atoms with Crippen molar-refractivity contribution in [1.82, 2.24) is 0 Å². The molecule has 0 fully saturated rings. The maximum absolute atomic E-state index is 12.7. The molecule has 0 saturated heterocycles. The molecule has 0 aliphatic heterocycles. The van der Waals surface area contributed by atoms with E-state index in [4.69, 9.17) is 14.2 Å². The first-order valence-electron chi connectivity index (χ1n) is 9.03. The van der Waals surface area contributed by atoms with Crippen LogP contribution in [0.3, 0.4) is 0 Å². The zero-order valence-electron chi connectivity index (χ0n) is 16.3. The van der Waals surface area contributed by atoms with Crippen LogP contribution in [0.15, 0.2) is 69.9 Å². The Bertz CT molecular complexity index is 1300. The third-order valence-electron chi connectivity index (χ3n) is 5.00. The van der Waals surface area contributed by atoms with Crippen LogP contribution in [0.2, 0.25) is 0 Å². The van der Waals surface area contributed by atoms with Crippen molar-refractivity contribution in [2.75, 3.05) is 21.3 Å². The number of halogens is 1. The summed E-state index contributed by atoms with van der Waals surface area (Å²) in [5.74, 6) is 1.53. The summed E-state index contributed by atoms with van der Waals surface area (Å²) in [6, 6.07) is 19.6. The SMILES string of the molecule is COc1cc2c(-c3ccc4ccccc4c3)cc(=O)c(Br)cc2c(OC)c1OC. The van der Waals surface area contributed by atoms with Crippen molar-refractivity contribution in [2.24, 2.45) is 0 Å². The highest BCUT2D eigenvalue weighted by atomic mass is 79.9. The molecule has 0 amide bonds. The zero-order chi connectivity index (χ0) is 20.5. The molecule has 4 aromatic rings. The van der Waals surface area contributed by atoms with E-state index in [0.717, 1.165) is 32.7 Å². The topological polar surface area (TPSA) is 44.8 Å². The number of methoxy groups -OCH3 is 3. The molecule has 0 spiro atoms. The average molecular weight is 451 g/mol. The molecule has 0 aliphatic rings. The van der Waals surface area contributed by atoms with E-state index in [-0.39, 0.29) is 5.43 Å². The number of hydrogen-bond acceptors (Lipinski definition) is 4. The van der Waals surface area contributed by atoms with Crippen LogP contribution >= 0.6 is 15.9 Å². The normalized spacial score (nSPS) is 10.9. The van der Waals surface area contributed by atoms with E-state index in [2.05, 4.69) is 40.2 Å². The van der Waals surface area contributed by atoms with Crippen LogP contribution in [0.1, 0.15) is 0 Å². The molecular formula is C24H19BrO4. The lowest BCUT2D eigenvalue weighted by molar-refractivity contribution is 0.327. The monoisotopic (exact) mass is 450 g/mol. The molecule has 0 radical (unpaired) electrons. The van der Waals surface area contributed by atoms with Gasteiger partial charge in [0.15, 0.2) is 16.9 Å². The van der Waals surface area contributed by atoms with Gasteiger partial charge in [-0.05, 0) is 67.5 Å². The van der Waals surface area contributed by atoms with Gasteiger partial charge in [0.05, 0.1) is 25.8 Å². The second kappa shape index (κ2) is 7.76. The molecule has 4 aromatic carbocycles. The quantitative estimate of drug-likeness (QED) is 0.393. The van der Waals surface area contributed by atoms with Crippen molar-refractivity contribution >= 4 is 37.5 Å². The smallest absolute Gasteiger partial charge is 0.203 e. The minimum Gasteiger partial charge on any atom is -0.493 e. The fourth-order valence-electron chi connectivity index (χ4n) is 3.62. The van der Waals surface area contributed by atoms with Gasteiger partial charge in [0.2, 0.25) is 5.75 Å². The highest BCUT2D eigenvalue weighted by molar-refractivity contribution is 9.10. The van der Waals surface area contributed by atoms with Crippen LogP contribution in [-0.2, 0) is 0 Å². The van der Waals surface area contributed by atoms with Crippen molar-refractivity contribution in [3.63, 3.8) is 0 Å². The molecule has 0 heterocycles. The fourth-order valence-corrected chi connectivity index (χ4v) is 3.96. The molecule has 4 nitrogen and oxygen atoms in total. The van der Waals surface area contributed by atoms with Gasteiger partial charge in [-0.25, -0.2) is 0 Å². The lowest BCUT2D eigenvalue weighted by atomic mass is 9.98. The third kappa shape index (κ3) is 3.32. The Kier molecular flexibility index (Phi) is 5.16. The Balaban J connectivity index is 2.18. The average Bonchev–Trinajstić information content (AvgIpc) is 2.88. The maximum Gasteiger partial charge on any atom is 0.203 e. The summed E-state index contributed by atoms with van der Waals surface area (Å²) in [6.45, 7) is 0. The minimum absolute atomic E-state index is 0.121. The van der Waals surface area contributed by atoms with Crippen LogP contribution in [0.25, 0.3) is 32.7 Å². The Morgan fingerprint density at radius 3 is 2.14 bits per heavy atom. The van der Waals surface area contributed by atoms with Crippen molar-refractivity contribution < 1.29 is 14.2 Å². The van der Waals surface area contributed by atoms with Crippen LogP contribution in [0, 0.1) is 0 Å². The molecule has 0 aliphatic carbocycles. The first-order chi connectivity index (χ1) is 14.1. The number of benzene rings is 3. The van der Waals surface area contributed by atoms with Gasteiger partial charge >= 0.3 is 0 Å². The molecule has 29 heavy (non-hydrogen) atoms. The zero-order valence-corrected chi connectivity index (χ0v) is 17.9. The number of rotatable bonds is 4. The highest BCUT2D eigenvalue weighted by Gasteiger charge is 2.19. The summed E-state index contributed by atoms with van der Waals surface area (Å²) in [7, 11) is 4.72. The van der Waals surface area contributed by atoms with Gasteiger partial charge in [0.25, 0.3) is 0 Å². The van der Waals surface area contributed by atoms with Crippen molar-refractivity contribution in [3.8, 4) is 28.4 Å². The van der Waals surface area contributed by atoms with E-state index in [0.29, 0.717) is 21.7 Å². The first-order valence-corrected chi connectivity index (χ1v) is 9.82. The second-order valence-corrected chi connectivity index (χ2v) is 7.44. The van der Waals surface area contributed by atoms with Gasteiger partial charge in [-0.1, -0.05) is 36.4 Å². The van der Waals surface area contributed by atoms with E-state index in [1.165, 1.54) is 0 Å². The Labute approximate surface area is 176 Å². The highest BCUT2D eigenvalue weighted by Crippen LogP contribution is 2.45. The molecule has 0 N–H and O–H groups in total. The van der Waals surface area contributed by atoms with Gasteiger partial charge < -0.3 is 14.2 Å². The molecular weight excluding hydrogens is 432 g/mol. The fraction of sp³-hybridized carbons (Fsp3) is 0.125. The molecule has 0 bridgehead atoms. The van der Waals surface area contributed by atoms with E-state index in [9.17, 15) is 4.79 Å². The number of fused-ring (bicyclic) bond motifs is 2. The van der Waals surface area contributed by atoms with Gasteiger partial charge in [0.1, 0.15) is 0 Å². The maximum atomic E-state index is 12.7. The lowest BCUT2D eigenvalue weighted by Crippen LogP contribution is -1.96. The van der Waals surface area contributed by atoms with E-state index in [1.54, 1.807) is 33.5 Å². The summed E-state index contributed by atoms with van der Waals surface area (Å²) in [5, 5.41) is 3.82. The molecule has 0 aromatic heterocycles. The second-order valence-electron chi connectivity index (χ2n) is 6.58. The van der Waals surface area contributed by atoms with Gasteiger partial charge in [-0.15, -0.1) is 0 Å². The van der Waals surface area contributed by atoms with Crippen LogP contribution in [-0.4, -0.2) is 21.3 Å². The number of hydrogen-bond donors (Lipinski definition) is 0. The van der Waals surface area contributed by atoms with Crippen LogP contribution in [0.5, 0.6) is 17.2 Å². The van der Waals surface area contributed by atoms with Crippen molar-refractivity contribution in [3.05, 3.63) is 75.4 Å². The van der Waals surface area contributed by atoms with Crippen molar-refractivity contribution in [2.45, 2.75) is 0 Å². The predicted molar refractivity (Wildman–Crippen MR) is 121 cm³/mol. The van der Waals surface area contributed by atoms with Gasteiger partial charge in [0, 0.05) is 5.39 Å².